The number of hydrogen-bond donors (Lipinski definition) is 0. The average molecular weight is 745 g/mol. The van der Waals surface area contributed by atoms with Crippen LogP contribution >= 0.6 is 35.0 Å². The van der Waals surface area contributed by atoms with E-state index >= 15 is 0 Å². The molecule has 2 amide bonds. The van der Waals surface area contributed by atoms with Crippen LogP contribution in [0.3, 0.4) is 0 Å². The molecule has 264 valence electrons. The Morgan fingerprint density at radius 3 is 2.35 bits per heavy atom. The summed E-state index contributed by atoms with van der Waals surface area (Å²) in [7, 11) is 2.61. The summed E-state index contributed by atoms with van der Waals surface area (Å²) in [5.41, 5.74) is 1.69. The summed E-state index contributed by atoms with van der Waals surface area (Å²) in [6.07, 6.45) is -4.88. The second-order valence-electron chi connectivity index (χ2n) is 12.6. The van der Waals surface area contributed by atoms with Crippen molar-refractivity contribution in [1.29, 1.82) is 0 Å². The van der Waals surface area contributed by atoms with Gasteiger partial charge in [-0.1, -0.05) is 53.5 Å². The highest BCUT2D eigenvalue weighted by molar-refractivity contribution is 7.99. The molecular formula is C35H36Cl2F5N3O3S. The fourth-order valence-electron chi connectivity index (χ4n) is 6.77. The van der Waals surface area contributed by atoms with Crippen molar-refractivity contribution >= 4 is 47.0 Å². The molecule has 49 heavy (non-hydrogen) atoms. The smallest absolute Gasteiger partial charge is 0.410 e. The van der Waals surface area contributed by atoms with Crippen molar-refractivity contribution in [3.05, 3.63) is 99.0 Å². The predicted octanol–water partition coefficient (Wildman–Crippen LogP) is 9.03. The Morgan fingerprint density at radius 2 is 1.67 bits per heavy atom. The molecule has 6 nitrogen and oxygen atoms in total. The molecule has 2 aliphatic rings. The molecule has 1 fully saturated rings. The van der Waals surface area contributed by atoms with Gasteiger partial charge in [0.15, 0.2) is 11.6 Å². The van der Waals surface area contributed by atoms with Crippen molar-refractivity contribution in [3.8, 4) is 5.75 Å². The number of thioether (sulfide) groups is 1. The van der Waals surface area contributed by atoms with Gasteiger partial charge < -0.3 is 14.5 Å². The fraction of sp³-hybridized carbons (Fsp3) is 0.429. The van der Waals surface area contributed by atoms with Gasteiger partial charge in [-0.25, -0.2) is 13.6 Å². The molecule has 0 unspecified atom stereocenters. The van der Waals surface area contributed by atoms with Crippen molar-refractivity contribution < 1.29 is 36.3 Å². The molecule has 0 saturated carbocycles. The zero-order valence-corrected chi connectivity index (χ0v) is 29.3. The number of carbonyl (C=O) groups is 2. The van der Waals surface area contributed by atoms with Gasteiger partial charge in [0, 0.05) is 37.2 Å². The highest BCUT2D eigenvalue weighted by Gasteiger charge is 2.45. The second kappa shape index (κ2) is 15.0. The van der Waals surface area contributed by atoms with Gasteiger partial charge in [0.1, 0.15) is 12.2 Å². The van der Waals surface area contributed by atoms with Gasteiger partial charge in [-0.15, -0.1) is 11.8 Å². The monoisotopic (exact) mass is 743 g/mol. The van der Waals surface area contributed by atoms with Crippen LogP contribution in [0, 0.1) is 11.6 Å². The quantitative estimate of drug-likeness (QED) is 0.194. The molecule has 2 heterocycles. The summed E-state index contributed by atoms with van der Waals surface area (Å²) in [4.78, 5) is 30.9. The number of carbonyl (C=O) groups excluding carboxylic acids is 2. The number of ether oxygens (including phenoxy) is 1. The summed E-state index contributed by atoms with van der Waals surface area (Å²) >= 11 is 14.6. The summed E-state index contributed by atoms with van der Waals surface area (Å²) in [6.45, 7) is 1.91. The average Bonchev–Trinajstić information content (AvgIpc) is 3.41. The Hall–Kier alpha value is -3.06. The van der Waals surface area contributed by atoms with Crippen LogP contribution in [-0.4, -0.2) is 73.2 Å². The van der Waals surface area contributed by atoms with E-state index in [-0.39, 0.29) is 33.5 Å². The zero-order chi connectivity index (χ0) is 35.6. The van der Waals surface area contributed by atoms with E-state index in [1.807, 2.05) is 11.8 Å². The number of halogens is 7. The van der Waals surface area contributed by atoms with E-state index in [2.05, 4.69) is 29.2 Å². The number of nitrogens with zero attached hydrogens (tertiary/aromatic N) is 3. The van der Waals surface area contributed by atoms with Crippen molar-refractivity contribution in [3.63, 3.8) is 0 Å². The lowest BCUT2D eigenvalue weighted by Gasteiger charge is -2.45. The van der Waals surface area contributed by atoms with Crippen LogP contribution in [0.4, 0.5) is 26.7 Å². The van der Waals surface area contributed by atoms with E-state index in [0.717, 1.165) is 48.7 Å². The number of amides is 2. The first-order valence-corrected chi connectivity index (χ1v) is 17.5. The van der Waals surface area contributed by atoms with E-state index in [4.69, 9.17) is 27.9 Å². The minimum atomic E-state index is -4.75. The number of fused-ring (bicyclic) bond motifs is 2. The number of likely N-dealkylation sites (tertiary alicyclic amines) is 1. The minimum absolute atomic E-state index is 0.0717. The van der Waals surface area contributed by atoms with Crippen LogP contribution in [0.2, 0.25) is 10.0 Å². The number of benzene rings is 3. The molecule has 1 saturated heterocycles. The first-order chi connectivity index (χ1) is 23.1. The third-order valence-electron chi connectivity index (χ3n) is 9.49. The van der Waals surface area contributed by atoms with Gasteiger partial charge >= 0.3 is 12.3 Å². The Balaban J connectivity index is 1.41. The highest BCUT2D eigenvalue weighted by atomic mass is 35.5. The van der Waals surface area contributed by atoms with Crippen molar-refractivity contribution in [2.75, 3.05) is 40.3 Å². The molecular weight excluding hydrogens is 708 g/mol. The second-order valence-corrected chi connectivity index (χ2v) is 14.8. The number of rotatable bonds is 10. The summed E-state index contributed by atoms with van der Waals surface area (Å²) in [5.74, 6) is -2.87. The van der Waals surface area contributed by atoms with Gasteiger partial charge in [0.2, 0.25) is 5.91 Å². The minimum Gasteiger partial charge on any atom is -0.410 e. The van der Waals surface area contributed by atoms with E-state index < -0.39 is 41.8 Å². The van der Waals surface area contributed by atoms with E-state index in [1.54, 1.807) is 6.07 Å². The van der Waals surface area contributed by atoms with Gasteiger partial charge in [-0.05, 0) is 86.3 Å². The number of alkyl halides is 3. The lowest BCUT2D eigenvalue weighted by molar-refractivity contribution is -0.161. The molecule has 3 aromatic carbocycles. The van der Waals surface area contributed by atoms with Crippen molar-refractivity contribution in [1.82, 2.24) is 14.7 Å². The summed E-state index contributed by atoms with van der Waals surface area (Å²) in [6, 6.07) is 15.7. The fourth-order valence-corrected chi connectivity index (χ4v) is 8.58. The lowest BCUT2D eigenvalue weighted by atomic mass is 9.82. The van der Waals surface area contributed by atoms with Crippen LogP contribution in [-0.2, 0) is 20.8 Å². The van der Waals surface area contributed by atoms with Gasteiger partial charge in [0.25, 0.3) is 0 Å². The Bertz CT molecular complexity index is 1690. The first-order valence-electron chi connectivity index (χ1n) is 15.7. The van der Waals surface area contributed by atoms with Crippen molar-refractivity contribution in [2.45, 2.75) is 54.3 Å². The molecule has 2 aliphatic heterocycles. The predicted molar refractivity (Wildman–Crippen MR) is 181 cm³/mol. The third kappa shape index (κ3) is 8.46. The van der Waals surface area contributed by atoms with Crippen LogP contribution in [0.5, 0.6) is 5.75 Å². The van der Waals surface area contributed by atoms with E-state index in [9.17, 15) is 31.5 Å². The SMILES string of the molecule is CN(C[C@](CCCN1CCC2(CC1)SCc1ccccc12)(c1ccc(Cl)c(Cl)c1)N(C)C(=O)Oc1ccc(F)c(F)c1)C(=O)CC(F)(F)F. The Labute approximate surface area is 296 Å². The normalized spacial score (nSPS) is 17.0. The summed E-state index contributed by atoms with van der Waals surface area (Å²) < 4.78 is 72.9. The number of hydrogen-bond acceptors (Lipinski definition) is 5. The molecule has 0 bridgehead atoms. The van der Waals surface area contributed by atoms with Crippen LogP contribution in [0.1, 0.15) is 48.8 Å². The maximum atomic E-state index is 14.0. The molecule has 14 heteroatoms. The lowest BCUT2D eigenvalue weighted by Crippen LogP contribution is -2.55. The van der Waals surface area contributed by atoms with Crippen molar-refractivity contribution in [2.24, 2.45) is 0 Å². The molecule has 3 aromatic rings. The van der Waals surface area contributed by atoms with Crippen LogP contribution in [0.15, 0.2) is 60.7 Å². The molecule has 1 atom stereocenters. The number of likely N-dealkylation sites (N-methyl/N-ethyl adjacent to an activating group) is 2. The zero-order valence-electron chi connectivity index (χ0n) is 27.0. The maximum Gasteiger partial charge on any atom is 0.415 e. The van der Waals surface area contributed by atoms with Gasteiger partial charge in [-0.2, -0.15) is 13.2 Å². The Morgan fingerprint density at radius 1 is 0.959 bits per heavy atom. The van der Waals surface area contributed by atoms with E-state index in [1.165, 1.54) is 42.3 Å². The van der Waals surface area contributed by atoms with Crippen LogP contribution < -0.4 is 4.74 Å². The van der Waals surface area contributed by atoms with E-state index in [0.29, 0.717) is 24.6 Å². The molecule has 1 spiro atoms. The molecule has 0 radical (unpaired) electrons. The third-order valence-corrected chi connectivity index (χ3v) is 11.9. The first kappa shape index (κ1) is 37.2. The van der Waals surface area contributed by atoms with Gasteiger partial charge in [-0.3, -0.25) is 9.69 Å². The maximum absolute atomic E-state index is 14.0. The number of piperidine rings is 1. The Kier molecular flexibility index (Phi) is 11.4. The topological polar surface area (TPSA) is 53.1 Å². The highest BCUT2D eigenvalue weighted by Crippen LogP contribution is 2.53. The van der Waals surface area contributed by atoms with Gasteiger partial charge in [0.05, 0.1) is 15.6 Å². The summed E-state index contributed by atoms with van der Waals surface area (Å²) in [5, 5.41) is 0.340. The largest absolute Gasteiger partial charge is 0.415 e. The molecule has 0 N–H and O–H groups in total. The van der Waals surface area contributed by atoms with Crippen LogP contribution in [0.25, 0.3) is 0 Å². The molecule has 0 aromatic heterocycles. The molecule has 5 rings (SSSR count). The standard InChI is InChI=1S/C35H36Cl2F5N3O3S/c1-43(31(46)20-35(40,41)42)22-33(24-8-10-27(36)28(37)18-24,44(2)32(47)48-25-9-11-29(38)30(39)19-25)12-5-15-45-16-13-34(14-17-45)26-7-4-3-6-23(26)21-49-34/h3-4,6-11,18-19H,5,12-17,20-22H2,1-2H3/t33-/m1/s1. The molecule has 0 aliphatic carbocycles.